The van der Waals surface area contributed by atoms with E-state index in [0.717, 1.165) is 17.0 Å². The molecule has 3 rings (SSSR count). The van der Waals surface area contributed by atoms with Crippen molar-refractivity contribution in [3.05, 3.63) is 34.9 Å². The van der Waals surface area contributed by atoms with Gasteiger partial charge in [0.1, 0.15) is 0 Å². The molecule has 0 radical (unpaired) electrons. The highest BCUT2D eigenvalue weighted by Crippen LogP contribution is 2.37. The fourth-order valence-electron chi connectivity index (χ4n) is 4.33. The number of piperidine rings is 1. The van der Waals surface area contributed by atoms with Gasteiger partial charge in [-0.3, -0.25) is 0 Å². The molecule has 1 saturated carbocycles. The van der Waals surface area contributed by atoms with Crippen LogP contribution in [-0.2, 0) is 0 Å². The van der Waals surface area contributed by atoms with Gasteiger partial charge in [0.2, 0.25) is 0 Å². The smallest absolute Gasteiger partial charge is 0.0409 e. The SMILES string of the molecule is CNC(CCN1CCCC2CCCC21)c1cccc(Cl)c1. The van der Waals surface area contributed by atoms with Crippen molar-refractivity contribution in [2.45, 2.75) is 50.6 Å². The molecule has 0 aromatic heterocycles. The first kappa shape index (κ1) is 15.3. The van der Waals surface area contributed by atoms with Crippen molar-refractivity contribution in [3.63, 3.8) is 0 Å². The topological polar surface area (TPSA) is 15.3 Å². The van der Waals surface area contributed by atoms with Crippen LogP contribution in [0.4, 0.5) is 0 Å². The van der Waals surface area contributed by atoms with E-state index in [2.05, 4.69) is 35.5 Å². The molecule has 1 N–H and O–H groups in total. The zero-order valence-corrected chi connectivity index (χ0v) is 13.8. The second-order valence-corrected chi connectivity index (χ2v) is 7.06. The third-order valence-electron chi connectivity index (χ3n) is 5.41. The summed E-state index contributed by atoms with van der Waals surface area (Å²) in [5.41, 5.74) is 1.31. The number of hydrogen-bond acceptors (Lipinski definition) is 2. The molecule has 1 aromatic rings. The van der Waals surface area contributed by atoms with Gasteiger partial charge in [0.05, 0.1) is 0 Å². The molecule has 3 atom stereocenters. The highest BCUT2D eigenvalue weighted by molar-refractivity contribution is 6.30. The summed E-state index contributed by atoms with van der Waals surface area (Å²) in [6.45, 7) is 2.51. The lowest BCUT2D eigenvalue weighted by Crippen LogP contribution is -2.43. The molecule has 0 spiro atoms. The molecule has 1 heterocycles. The van der Waals surface area contributed by atoms with Gasteiger partial charge in [-0.1, -0.05) is 30.2 Å². The predicted octanol–water partition coefficient (Wildman–Crippen LogP) is 4.26. The molecule has 2 aliphatic rings. The second kappa shape index (κ2) is 7.13. The lowest BCUT2D eigenvalue weighted by molar-refractivity contribution is 0.108. The van der Waals surface area contributed by atoms with Crippen molar-refractivity contribution in [2.24, 2.45) is 5.92 Å². The molecule has 0 amide bonds. The van der Waals surface area contributed by atoms with Crippen molar-refractivity contribution in [1.29, 1.82) is 0 Å². The Morgan fingerprint density at radius 1 is 1.29 bits per heavy atom. The first-order valence-electron chi connectivity index (χ1n) is 8.44. The summed E-state index contributed by atoms with van der Waals surface area (Å²) < 4.78 is 0. The van der Waals surface area contributed by atoms with Crippen LogP contribution in [0.5, 0.6) is 0 Å². The number of rotatable bonds is 5. The summed E-state index contributed by atoms with van der Waals surface area (Å²) in [5.74, 6) is 0.984. The van der Waals surface area contributed by atoms with E-state index >= 15 is 0 Å². The lowest BCUT2D eigenvalue weighted by atomic mass is 9.91. The van der Waals surface area contributed by atoms with E-state index in [4.69, 9.17) is 11.6 Å². The Morgan fingerprint density at radius 2 is 2.14 bits per heavy atom. The number of nitrogens with zero attached hydrogens (tertiary/aromatic N) is 1. The summed E-state index contributed by atoms with van der Waals surface area (Å²) >= 11 is 6.13. The minimum Gasteiger partial charge on any atom is -0.313 e. The van der Waals surface area contributed by atoms with Crippen LogP contribution in [0.2, 0.25) is 5.02 Å². The monoisotopic (exact) mass is 306 g/mol. The fourth-order valence-corrected chi connectivity index (χ4v) is 4.53. The summed E-state index contributed by atoms with van der Waals surface area (Å²) in [6, 6.07) is 9.56. The van der Waals surface area contributed by atoms with E-state index in [0.29, 0.717) is 6.04 Å². The summed E-state index contributed by atoms with van der Waals surface area (Å²) in [4.78, 5) is 2.76. The van der Waals surface area contributed by atoms with Crippen molar-refractivity contribution in [1.82, 2.24) is 10.2 Å². The molecule has 2 fully saturated rings. The standard InChI is InChI=1S/C18H27ClN2/c1-20-17(15-6-2-8-16(19)13-15)10-12-21-11-4-7-14-5-3-9-18(14)21/h2,6,8,13-14,17-18,20H,3-5,7,9-12H2,1H3. The second-order valence-electron chi connectivity index (χ2n) is 6.62. The van der Waals surface area contributed by atoms with Gasteiger partial charge in [0.15, 0.2) is 0 Å². The quantitative estimate of drug-likeness (QED) is 0.874. The molecule has 1 aromatic carbocycles. The van der Waals surface area contributed by atoms with Crippen LogP contribution in [0.3, 0.4) is 0 Å². The maximum Gasteiger partial charge on any atom is 0.0409 e. The predicted molar refractivity (Wildman–Crippen MR) is 89.8 cm³/mol. The van der Waals surface area contributed by atoms with E-state index < -0.39 is 0 Å². The van der Waals surface area contributed by atoms with E-state index in [1.165, 1.54) is 57.2 Å². The fraction of sp³-hybridized carbons (Fsp3) is 0.667. The molecule has 3 unspecified atom stereocenters. The Kier molecular flexibility index (Phi) is 5.20. The summed E-state index contributed by atoms with van der Waals surface area (Å²) in [7, 11) is 2.06. The third-order valence-corrected chi connectivity index (χ3v) is 5.65. The van der Waals surface area contributed by atoms with Gasteiger partial charge < -0.3 is 10.2 Å². The van der Waals surface area contributed by atoms with E-state index in [9.17, 15) is 0 Å². The molecule has 0 bridgehead atoms. The lowest BCUT2D eigenvalue weighted by Gasteiger charge is -2.38. The number of hydrogen-bond donors (Lipinski definition) is 1. The van der Waals surface area contributed by atoms with Crippen LogP contribution in [0.15, 0.2) is 24.3 Å². The third kappa shape index (κ3) is 3.61. The number of likely N-dealkylation sites (tertiary alicyclic amines) is 1. The summed E-state index contributed by atoms with van der Waals surface area (Å²) in [5, 5.41) is 4.29. The first-order chi connectivity index (χ1) is 10.3. The molecular weight excluding hydrogens is 280 g/mol. The molecule has 2 nitrogen and oxygen atoms in total. The van der Waals surface area contributed by atoms with Crippen LogP contribution in [0.1, 0.15) is 50.1 Å². The molecule has 1 aliphatic carbocycles. The van der Waals surface area contributed by atoms with Gasteiger partial charge in [0, 0.05) is 23.7 Å². The van der Waals surface area contributed by atoms with Crippen LogP contribution in [0.25, 0.3) is 0 Å². The molecule has 1 aliphatic heterocycles. The Balaban J connectivity index is 1.60. The van der Waals surface area contributed by atoms with Crippen LogP contribution < -0.4 is 5.32 Å². The minimum atomic E-state index is 0.408. The molecule has 1 saturated heterocycles. The van der Waals surface area contributed by atoms with Crippen LogP contribution >= 0.6 is 11.6 Å². The number of halogens is 1. The van der Waals surface area contributed by atoms with Gasteiger partial charge in [-0.2, -0.15) is 0 Å². The number of nitrogens with one attached hydrogen (secondary N) is 1. The van der Waals surface area contributed by atoms with Gasteiger partial charge in [-0.05, 0) is 69.3 Å². The van der Waals surface area contributed by atoms with Crippen LogP contribution in [-0.4, -0.2) is 31.1 Å². The molecule has 21 heavy (non-hydrogen) atoms. The summed E-state index contributed by atoms with van der Waals surface area (Å²) in [6.07, 6.45) is 8.35. The van der Waals surface area contributed by atoms with Crippen molar-refractivity contribution in [3.8, 4) is 0 Å². The van der Waals surface area contributed by atoms with Crippen molar-refractivity contribution < 1.29 is 0 Å². The number of fused-ring (bicyclic) bond motifs is 1. The minimum absolute atomic E-state index is 0.408. The largest absolute Gasteiger partial charge is 0.313 e. The average Bonchev–Trinajstić information content (AvgIpc) is 2.97. The average molecular weight is 307 g/mol. The van der Waals surface area contributed by atoms with Gasteiger partial charge in [-0.15, -0.1) is 0 Å². The maximum atomic E-state index is 6.13. The van der Waals surface area contributed by atoms with E-state index in [-0.39, 0.29) is 0 Å². The van der Waals surface area contributed by atoms with E-state index in [1.807, 2.05) is 6.07 Å². The molecular formula is C18H27ClN2. The Hall–Kier alpha value is -0.570. The maximum absolute atomic E-state index is 6.13. The Morgan fingerprint density at radius 3 is 2.95 bits per heavy atom. The van der Waals surface area contributed by atoms with Gasteiger partial charge in [-0.25, -0.2) is 0 Å². The zero-order valence-electron chi connectivity index (χ0n) is 13.0. The normalized spacial score (nSPS) is 27.5. The first-order valence-corrected chi connectivity index (χ1v) is 8.82. The molecule has 116 valence electrons. The van der Waals surface area contributed by atoms with Crippen LogP contribution in [0, 0.1) is 5.92 Å². The van der Waals surface area contributed by atoms with E-state index in [1.54, 1.807) is 0 Å². The Labute approximate surface area is 133 Å². The van der Waals surface area contributed by atoms with Gasteiger partial charge >= 0.3 is 0 Å². The Bertz CT molecular complexity index is 462. The van der Waals surface area contributed by atoms with Crippen molar-refractivity contribution in [2.75, 3.05) is 20.1 Å². The van der Waals surface area contributed by atoms with Crippen molar-refractivity contribution >= 4 is 11.6 Å². The highest BCUT2D eigenvalue weighted by Gasteiger charge is 2.34. The van der Waals surface area contributed by atoms with Gasteiger partial charge in [0.25, 0.3) is 0 Å². The highest BCUT2D eigenvalue weighted by atomic mass is 35.5. The number of benzene rings is 1. The molecule has 3 heteroatoms. The zero-order chi connectivity index (χ0) is 14.7.